The molecule has 2 unspecified atom stereocenters. The fourth-order valence-corrected chi connectivity index (χ4v) is 3.85. The molecule has 2 N–H and O–H groups in total. The van der Waals surface area contributed by atoms with Crippen molar-refractivity contribution in [1.82, 2.24) is 4.90 Å². The average molecular weight is 262 g/mol. The molecule has 0 aromatic carbocycles. The number of nitrogens with zero attached hydrogens (tertiary/aromatic N) is 1. The molecule has 0 bridgehead atoms. The summed E-state index contributed by atoms with van der Waals surface area (Å²) in [4.78, 5) is 2.26. The lowest BCUT2D eigenvalue weighted by Gasteiger charge is -2.37. The molecule has 0 aromatic rings. The van der Waals surface area contributed by atoms with Crippen molar-refractivity contribution in [3.05, 3.63) is 0 Å². The predicted octanol–water partition coefficient (Wildman–Crippen LogP) is 0.870. The minimum atomic E-state index is -2.86. The van der Waals surface area contributed by atoms with Crippen molar-refractivity contribution in [2.24, 2.45) is 11.7 Å². The predicted molar refractivity (Wildman–Crippen MR) is 71.8 cm³/mol. The average Bonchev–Trinajstić information content (AvgIpc) is 2.27. The molecule has 0 spiro atoms. The van der Waals surface area contributed by atoms with E-state index in [0.29, 0.717) is 37.2 Å². The van der Waals surface area contributed by atoms with Crippen LogP contribution in [0.4, 0.5) is 0 Å². The molecule has 1 aliphatic heterocycles. The summed E-state index contributed by atoms with van der Waals surface area (Å²) < 4.78 is 23.3. The van der Waals surface area contributed by atoms with Gasteiger partial charge in [-0.25, -0.2) is 8.42 Å². The maximum Gasteiger partial charge on any atom is 0.151 e. The summed E-state index contributed by atoms with van der Waals surface area (Å²) in [5.74, 6) is 1.31. The summed E-state index contributed by atoms with van der Waals surface area (Å²) in [7, 11) is -2.86. The summed E-state index contributed by atoms with van der Waals surface area (Å²) >= 11 is 0. The van der Waals surface area contributed by atoms with Crippen LogP contribution in [0, 0.1) is 5.92 Å². The van der Waals surface area contributed by atoms with E-state index in [1.165, 1.54) is 0 Å². The zero-order valence-electron chi connectivity index (χ0n) is 11.1. The fourth-order valence-electron chi connectivity index (χ4n) is 2.51. The lowest BCUT2D eigenvalue weighted by Crippen LogP contribution is -2.47. The van der Waals surface area contributed by atoms with E-state index in [1.807, 2.05) is 6.92 Å². The molecule has 1 fully saturated rings. The van der Waals surface area contributed by atoms with Crippen LogP contribution in [0.25, 0.3) is 0 Å². The van der Waals surface area contributed by atoms with Gasteiger partial charge >= 0.3 is 0 Å². The Morgan fingerprint density at radius 3 is 2.65 bits per heavy atom. The van der Waals surface area contributed by atoms with Crippen molar-refractivity contribution in [1.29, 1.82) is 0 Å². The molecule has 0 radical (unpaired) electrons. The Bertz CT molecular complexity index is 316. The van der Waals surface area contributed by atoms with Crippen LogP contribution in [-0.2, 0) is 9.84 Å². The van der Waals surface area contributed by atoms with Gasteiger partial charge in [-0.15, -0.1) is 0 Å². The van der Waals surface area contributed by atoms with E-state index in [2.05, 4.69) is 11.8 Å². The van der Waals surface area contributed by atoms with Gasteiger partial charge in [-0.05, 0) is 31.7 Å². The first-order valence-electron chi connectivity index (χ1n) is 6.63. The standard InChI is InChI=1S/C12H26N2O2S/c1-3-7-17(15,16)8-6-14-5-4-11(2)9-12(14)10-13/h11-12H,3-10,13H2,1-2H3. The van der Waals surface area contributed by atoms with Crippen molar-refractivity contribution in [2.75, 3.05) is 31.1 Å². The van der Waals surface area contributed by atoms with E-state index in [1.54, 1.807) is 0 Å². The first kappa shape index (κ1) is 14.9. The molecule has 0 aromatic heterocycles. The van der Waals surface area contributed by atoms with Gasteiger partial charge in [-0.1, -0.05) is 13.8 Å². The van der Waals surface area contributed by atoms with Gasteiger partial charge in [0.25, 0.3) is 0 Å². The number of nitrogens with two attached hydrogens (primary N) is 1. The lowest BCUT2D eigenvalue weighted by atomic mass is 9.92. The summed E-state index contributed by atoms with van der Waals surface area (Å²) in [6, 6.07) is 0.371. The number of sulfone groups is 1. The summed E-state index contributed by atoms with van der Waals surface area (Å²) in [6.45, 7) is 6.43. The van der Waals surface area contributed by atoms with Crippen molar-refractivity contribution in [2.45, 2.75) is 39.2 Å². The topological polar surface area (TPSA) is 63.4 Å². The van der Waals surface area contributed by atoms with Crippen LogP contribution in [0.1, 0.15) is 33.1 Å². The third-order valence-corrected chi connectivity index (χ3v) is 5.41. The van der Waals surface area contributed by atoms with Gasteiger partial charge in [0.2, 0.25) is 0 Å². The second-order valence-corrected chi connectivity index (χ2v) is 7.51. The molecular formula is C12H26N2O2S. The van der Waals surface area contributed by atoms with Gasteiger partial charge in [-0.2, -0.15) is 0 Å². The molecule has 1 aliphatic rings. The van der Waals surface area contributed by atoms with Gasteiger partial charge in [0.15, 0.2) is 9.84 Å². The highest BCUT2D eigenvalue weighted by atomic mass is 32.2. The molecule has 0 aliphatic carbocycles. The number of hydrogen-bond acceptors (Lipinski definition) is 4. The molecule has 0 amide bonds. The van der Waals surface area contributed by atoms with Crippen LogP contribution >= 0.6 is 0 Å². The molecule has 0 saturated carbocycles. The smallest absolute Gasteiger partial charge is 0.151 e. The van der Waals surface area contributed by atoms with Gasteiger partial charge in [0.1, 0.15) is 0 Å². The van der Waals surface area contributed by atoms with Crippen molar-refractivity contribution in [3.8, 4) is 0 Å². The Labute approximate surface area is 105 Å². The van der Waals surface area contributed by atoms with Crippen LogP contribution in [0.2, 0.25) is 0 Å². The minimum Gasteiger partial charge on any atom is -0.329 e. The fraction of sp³-hybridized carbons (Fsp3) is 1.00. The monoisotopic (exact) mass is 262 g/mol. The number of rotatable bonds is 6. The van der Waals surface area contributed by atoms with E-state index >= 15 is 0 Å². The second kappa shape index (κ2) is 6.71. The molecule has 102 valence electrons. The highest BCUT2D eigenvalue weighted by Crippen LogP contribution is 2.21. The summed E-state index contributed by atoms with van der Waals surface area (Å²) in [5, 5.41) is 0. The van der Waals surface area contributed by atoms with Crippen molar-refractivity contribution >= 4 is 9.84 Å². The highest BCUT2D eigenvalue weighted by Gasteiger charge is 2.26. The van der Waals surface area contributed by atoms with Crippen molar-refractivity contribution in [3.63, 3.8) is 0 Å². The number of likely N-dealkylation sites (tertiary alicyclic amines) is 1. The Hall–Kier alpha value is -0.130. The quantitative estimate of drug-likeness (QED) is 0.771. The zero-order chi connectivity index (χ0) is 12.9. The molecule has 1 heterocycles. The van der Waals surface area contributed by atoms with E-state index in [-0.39, 0.29) is 5.75 Å². The molecule has 5 heteroatoms. The van der Waals surface area contributed by atoms with Gasteiger partial charge in [0, 0.05) is 24.9 Å². The maximum atomic E-state index is 11.7. The van der Waals surface area contributed by atoms with Crippen LogP contribution < -0.4 is 5.73 Å². The van der Waals surface area contributed by atoms with Gasteiger partial charge in [-0.3, -0.25) is 4.90 Å². The Morgan fingerprint density at radius 2 is 2.06 bits per heavy atom. The summed E-state index contributed by atoms with van der Waals surface area (Å²) in [6.07, 6.45) is 2.97. The Morgan fingerprint density at radius 1 is 1.35 bits per heavy atom. The molecular weight excluding hydrogens is 236 g/mol. The Balaban J connectivity index is 2.45. The van der Waals surface area contributed by atoms with Crippen LogP contribution in [-0.4, -0.2) is 50.5 Å². The molecule has 4 nitrogen and oxygen atoms in total. The highest BCUT2D eigenvalue weighted by molar-refractivity contribution is 7.91. The lowest BCUT2D eigenvalue weighted by molar-refractivity contribution is 0.130. The third kappa shape index (κ3) is 4.94. The zero-order valence-corrected chi connectivity index (χ0v) is 11.9. The first-order valence-corrected chi connectivity index (χ1v) is 8.45. The third-order valence-electron chi connectivity index (χ3n) is 3.58. The van der Waals surface area contributed by atoms with Gasteiger partial charge < -0.3 is 5.73 Å². The first-order chi connectivity index (χ1) is 7.98. The second-order valence-electron chi connectivity index (χ2n) is 5.21. The van der Waals surface area contributed by atoms with E-state index < -0.39 is 9.84 Å². The number of hydrogen-bond donors (Lipinski definition) is 1. The molecule has 2 atom stereocenters. The number of piperidine rings is 1. The minimum absolute atomic E-state index is 0.283. The van der Waals surface area contributed by atoms with Crippen molar-refractivity contribution < 1.29 is 8.42 Å². The van der Waals surface area contributed by atoms with E-state index in [0.717, 1.165) is 19.4 Å². The van der Waals surface area contributed by atoms with Crippen LogP contribution in [0.3, 0.4) is 0 Å². The largest absolute Gasteiger partial charge is 0.329 e. The van der Waals surface area contributed by atoms with Gasteiger partial charge in [0.05, 0.1) is 5.75 Å². The van der Waals surface area contributed by atoms with Crippen LogP contribution in [0.5, 0.6) is 0 Å². The maximum absolute atomic E-state index is 11.7. The summed E-state index contributed by atoms with van der Waals surface area (Å²) in [5.41, 5.74) is 5.76. The molecule has 17 heavy (non-hydrogen) atoms. The van der Waals surface area contributed by atoms with Crippen LogP contribution in [0.15, 0.2) is 0 Å². The molecule has 1 rings (SSSR count). The Kier molecular flexibility index (Phi) is 5.89. The normalized spacial score (nSPS) is 27.2. The van der Waals surface area contributed by atoms with E-state index in [4.69, 9.17) is 5.73 Å². The molecule has 1 saturated heterocycles. The SMILES string of the molecule is CCCS(=O)(=O)CCN1CCC(C)CC1CN. The van der Waals surface area contributed by atoms with E-state index in [9.17, 15) is 8.42 Å².